The molecule has 140 valence electrons. The number of ether oxygens (including phenoxy) is 1. The molecule has 0 unspecified atom stereocenters. The molecule has 0 bridgehead atoms. The molecule has 0 aliphatic heterocycles. The fraction of sp³-hybridized carbons (Fsp3) is 0.0909. The summed E-state index contributed by atoms with van der Waals surface area (Å²) in [6.07, 6.45) is 0. The van der Waals surface area contributed by atoms with E-state index in [9.17, 15) is 4.79 Å². The molecule has 0 aliphatic rings. The van der Waals surface area contributed by atoms with Crippen molar-refractivity contribution in [2.24, 2.45) is 0 Å². The molecule has 0 saturated heterocycles. The Morgan fingerprint density at radius 2 is 1.79 bits per heavy atom. The lowest BCUT2D eigenvalue weighted by atomic mass is 10.2. The van der Waals surface area contributed by atoms with Gasteiger partial charge < -0.3 is 10.1 Å². The Morgan fingerprint density at radius 1 is 1.00 bits per heavy atom. The zero-order valence-electron chi connectivity index (χ0n) is 15.4. The molecular formula is C22H20N4O2. The van der Waals surface area contributed by atoms with E-state index in [-0.39, 0.29) is 6.03 Å². The minimum Gasteiger partial charge on any atom is -0.489 e. The van der Waals surface area contributed by atoms with Crippen LogP contribution >= 0.6 is 0 Å². The predicted octanol–water partition coefficient (Wildman–Crippen LogP) is 5.09. The van der Waals surface area contributed by atoms with E-state index in [0.717, 1.165) is 27.7 Å². The van der Waals surface area contributed by atoms with Gasteiger partial charge in [-0.25, -0.2) is 4.79 Å². The number of carbonyl (C=O) groups excluding carboxylic acids is 1. The average Bonchev–Trinajstić information content (AvgIpc) is 3.11. The van der Waals surface area contributed by atoms with Crippen LogP contribution in [0.4, 0.5) is 16.3 Å². The minimum atomic E-state index is -0.354. The second-order valence-corrected chi connectivity index (χ2v) is 6.50. The molecule has 1 aromatic heterocycles. The Labute approximate surface area is 162 Å². The molecule has 1 heterocycles. The summed E-state index contributed by atoms with van der Waals surface area (Å²) in [7, 11) is 0. The maximum absolute atomic E-state index is 12.3. The maximum atomic E-state index is 12.3. The number of aryl methyl sites for hydroxylation is 1. The van der Waals surface area contributed by atoms with Crippen molar-refractivity contribution in [3.8, 4) is 5.75 Å². The van der Waals surface area contributed by atoms with Crippen LogP contribution in [0.1, 0.15) is 11.1 Å². The number of anilines is 2. The quantitative estimate of drug-likeness (QED) is 0.456. The molecule has 4 rings (SSSR count). The molecule has 28 heavy (non-hydrogen) atoms. The van der Waals surface area contributed by atoms with Gasteiger partial charge in [-0.2, -0.15) is 5.10 Å². The van der Waals surface area contributed by atoms with Crippen LogP contribution in [0.5, 0.6) is 5.75 Å². The average molecular weight is 372 g/mol. The van der Waals surface area contributed by atoms with E-state index in [2.05, 4.69) is 20.8 Å². The van der Waals surface area contributed by atoms with Crippen molar-refractivity contribution in [3.63, 3.8) is 0 Å². The molecule has 0 atom stereocenters. The first-order chi connectivity index (χ1) is 13.7. The van der Waals surface area contributed by atoms with E-state index in [1.807, 2.05) is 79.7 Å². The molecule has 3 N–H and O–H groups in total. The summed E-state index contributed by atoms with van der Waals surface area (Å²) in [5, 5.41) is 13.5. The number of nitrogens with one attached hydrogen (secondary N) is 3. The highest BCUT2D eigenvalue weighted by atomic mass is 16.5. The number of hydrogen-bond donors (Lipinski definition) is 3. The maximum Gasteiger partial charge on any atom is 0.324 e. The van der Waals surface area contributed by atoms with Crippen LogP contribution in [0.15, 0.2) is 72.8 Å². The van der Waals surface area contributed by atoms with Crippen molar-refractivity contribution in [3.05, 3.63) is 83.9 Å². The van der Waals surface area contributed by atoms with E-state index in [1.165, 1.54) is 0 Å². The molecule has 2 amide bonds. The van der Waals surface area contributed by atoms with Gasteiger partial charge in [-0.05, 0) is 42.8 Å². The summed E-state index contributed by atoms with van der Waals surface area (Å²) >= 11 is 0. The normalized spacial score (nSPS) is 10.6. The van der Waals surface area contributed by atoms with Crippen LogP contribution in [0.25, 0.3) is 10.9 Å². The summed E-state index contributed by atoms with van der Waals surface area (Å²) in [5.41, 5.74) is 3.76. The Morgan fingerprint density at radius 3 is 2.57 bits per heavy atom. The largest absolute Gasteiger partial charge is 0.489 e. The Balaban J connectivity index is 1.46. The van der Waals surface area contributed by atoms with Crippen LogP contribution in [-0.2, 0) is 6.61 Å². The second kappa shape index (κ2) is 7.84. The van der Waals surface area contributed by atoms with Gasteiger partial charge in [0.15, 0.2) is 5.82 Å². The van der Waals surface area contributed by atoms with Gasteiger partial charge in [0.05, 0.1) is 5.52 Å². The predicted molar refractivity (Wildman–Crippen MR) is 111 cm³/mol. The van der Waals surface area contributed by atoms with Crippen molar-refractivity contribution >= 4 is 28.4 Å². The third kappa shape index (κ3) is 4.12. The van der Waals surface area contributed by atoms with Crippen LogP contribution in [0.3, 0.4) is 0 Å². The van der Waals surface area contributed by atoms with Gasteiger partial charge >= 0.3 is 6.03 Å². The highest BCUT2D eigenvalue weighted by Crippen LogP contribution is 2.26. The molecule has 0 aliphatic carbocycles. The highest BCUT2D eigenvalue weighted by Gasteiger charge is 2.11. The van der Waals surface area contributed by atoms with Gasteiger partial charge in [-0.15, -0.1) is 0 Å². The van der Waals surface area contributed by atoms with Crippen LogP contribution in [0, 0.1) is 6.92 Å². The van der Waals surface area contributed by atoms with Crippen molar-refractivity contribution < 1.29 is 9.53 Å². The zero-order valence-corrected chi connectivity index (χ0v) is 15.4. The molecule has 0 saturated carbocycles. The van der Waals surface area contributed by atoms with E-state index in [0.29, 0.717) is 18.2 Å². The van der Waals surface area contributed by atoms with Crippen LogP contribution in [0.2, 0.25) is 0 Å². The Bertz CT molecular complexity index is 1090. The number of aromatic nitrogens is 2. The molecule has 0 spiro atoms. The molecule has 3 aromatic carbocycles. The lowest BCUT2D eigenvalue weighted by molar-refractivity contribution is 0.262. The summed E-state index contributed by atoms with van der Waals surface area (Å²) in [5.74, 6) is 1.16. The van der Waals surface area contributed by atoms with Gasteiger partial charge in [0.2, 0.25) is 0 Å². The third-order valence-electron chi connectivity index (χ3n) is 4.32. The summed E-state index contributed by atoms with van der Waals surface area (Å²) in [6.45, 7) is 2.47. The topological polar surface area (TPSA) is 79.0 Å². The fourth-order valence-corrected chi connectivity index (χ4v) is 2.83. The monoisotopic (exact) mass is 372 g/mol. The fourth-order valence-electron chi connectivity index (χ4n) is 2.83. The first-order valence-corrected chi connectivity index (χ1v) is 8.97. The van der Waals surface area contributed by atoms with Crippen molar-refractivity contribution in [2.75, 3.05) is 10.6 Å². The number of nitrogens with zero attached hydrogens (tertiary/aromatic N) is 1. The first kappa shape index (κ1) is 17.6. The van der Waals surface area contributed by atoms with Gasteiger partial charge in [-0.1, -0.05) is 48.0 Å². The number of carbonyl (C=O) groups is 1. The van der Waals surface area contributed by atoms with Gasteiger partial charge in [0, 0.05) is 11.1 Å². The van der Waals surface area contributed by atoms with E-state index >= 15 is 0 Å². The number of fused-ring (bicyclic) bond motifs is 1. The molecule has 0 radical (unpaired) electrons. The number of aromatic amines is 1. The van der Waals surface area contributed by atoms with Gasteiger partial charge in [0.1, 0.15) is 12.4 Å². The van der Waals surface area contributed by atoms with E-state index in [4.69, 9.17) is 4.74 Å². The lowest BCUT2D eigenvalue weighted by Gasteiger charge is -2.08. The zero-order chi connectivity index (χ0) is 19.3. The third-order valence-corrected chi connectivity index (χ3v) is 4.32. The number of rotatable bonds is 5. The van der Waals surface area contributed by atoms with E-state index < -0.39 is 0 Å². The van der Waals surface area contributed by atoms with Crippen molar-refractivity contribution in [2.45, 2.75) is 13.5 Å². The highest BCUT2D eigenvalue weighted by molar-refractivity contribution is 6.04. The molecule has 6 heteroatoms. The number of amides is 2. The lowest BCUT2D eigenvalue weighted by Crippen LogP contribution is -2.19. The SMILES string of the molecule is Cc1ccc(NC(=O)Nc2n[nH]c3ccc(OCc4ccccc4)cc23)cc1. The van der Waals surface area contributed by atoms with Crippen molar-refractivity contribution in [1.29, 1.82) is 0 Å². The van der Waals surface area contributed by atoms with Crippen LogP contribution < -0.4 is 15.4 Å². The number of H-pyrrole nitrogens is 1. The van der Waals surface area contributed by atoms with Crippen molar-refractivity contribution in [1.82, 2.24) is 10.2 Å². The van der Waals surface area contributed by atoms with Gasteiger partial charge in [-0.3, -0.25) is 10.4 Å². The summed E-state index contributed by atoms with van der Waals surface area (Å²) in [6, 6.07) is 22.8. The molecular weight excluding hydrogens is 352 g/mol. The Kier molecular flexibility index (Phi) is 4.93. The summed E-state index contributed by atoms with van der Waals surface area (Å²) < 4.78 is 5.87. The number of benzene rings is 3. The number of urea groups is 1. The standard InChI is InChI=1S/C22H20N4O2/c1-15-7-9-17(10-8-15)23-22(27)24-21-19-13-18(11-12-20(19)25-26-21)28-14-16-5-3-2-4-6-16/h2-13H,14H2,1H3,(H3,23,24,25,26,27). The second-order valence-electron chi connectivity index (χ2n) is 6.50. The Hall–Kier alpha value is -3.80. The van der Waals surface area contributed by atoms with Gasteiger partial charge in [0.25, 0.3) is 0 Å². The smallest absolute Gasteiger partial charge is 0.324 e. The summed E-state index contributed by atoms with van der Waals surface area (Å²) in [4.78, 5) is 12.3. The van der Waals surface area contributed by atoms with Crippen LogP contribution in [-0.4, -0.2) is 16.2 Å². The molecule has 4 aromatic rings. The number of hydrogen-bond acceptors (Lipinski definition) is 3. The van der Waals surface area contributed by atoms with E-state index in [1.54, 1.807) is 0 Å². The first-order valence-electron chi connectivity index (χ1n) is 8.97. The molecule has 6 nitrogen and oxygen atoms in total. The molecule has 0 fully saturated rings. The minimum absolute atomic E-state index is 0.354.